The maximum atomic E-state index is 11.8. The number of halogens is 3. The molecule has 14 heavy (non-hydrogen) atoms. The van der Waals surface area contributed by atoms with E-state index in [-0.39, 0.29) is 17.9 Å². The first-order valence-electron chi connectivity index (χ1n) is 3.74. The number of hydrogen-bond acceptors (Lipinski definition) is 3. The van der Waals surface area contributed by atoms with Crippen molar-refractivity contribution < 1.29 is 23.0 Å². The van der Waals surface area contributed by atoms with Crippen LogP contribution in [-0.4, -0.2) is 16.5 Å². The fraction of sp³-hybridized carbons (Fsp3) is 0.375. The van der Waals surface area contributed by atoms with Gasteiger partial charge in [-0.15, -0.1) is 13.2 Å². The van der Waals surface area contributed by atoms with E-state index >= 15 is 0 Å². The van der Waals surface area contributed by atoms with Crippen LogP contribution in [0.2, 0.25) is 0 Å². The van der Waals surface area contributed by atoms with Crippen molar-refractivity contribution >= 4 is 0 Å². The highest BCUT2D eigenvalue weighted by Gasteiger charge is 2.31. The molecular formula is C8H8F3NO2. The zero-order valence-corrected chi connectivity index (χ0v) is 7.30. The molecule has 1 aromatic heterocycles. The summed E-state index contributed by atoms with van der Waals surface area (Å²) in [6.45, 7) is 1.13. The predicted molar refractivity (Wildman–Crippen MR) is 41.6 cm³/mol. The van der Waals surface area contributed by atoms with Crippen molar-refractivity contribution in [3.63, 3.8) is 0 Å². The van der Waals surface area contributed by atoms with Crippen molar-refractivity contribution in [2.75, 3.05) is 0 Å². The van der Waals surface area contributed by atoms with E-state index in [1.807, 2.05) is 0 Å². The molecule has 78 valence electrons. The average Bonchev–Trinajstić information content (AvgIpc) is 2.06. The molecule has 3 nitrogen and oxygen atoms in total. The Bertz CT molecular complexity index is 325. The van der Waals surface area contributed by atoms with Crippen LogP contribution in [0, 0.1) is 6.92 Å². The van der Waals surface area contributed by atoms with Crippen LogP contribution in [-0.2, 0) is 6.61 Å². The number of rotatable bonds is 2. The molecule has 0 fully saturated rings. The van der Waals surface area contributed by atoms with Gasteiger partial charge in [-0.05, 0) is 18.6 Å². The normalized spacial score (nSPS) is 11.5. The highest BCUT2D eigenvalue weighted by atomic mass is 19.4. The lowest BCUT2D eigenvalue weighted by Crippen LogP contribution is -2.18. The molecule has 0 saturated carbocycles. The van der Waals surface area contributed by atoms with Crippen LogP contribution in [0.25, 0.3) is 0 Å². The van der Waals surface area contributed by atoms with Gasteiger partial charge in [0.15, 0.2) is 5.75 Å². The van der Waals surface area contributed by atoms with Crippen molar-refractivity contribution in [1.82, 2.24) is 4.98 Å². The number of alkyl halides is 3. The second-order valence-corrected chi connectivity index (χ2v) is 2.65. The first-order chi connectivity index (χ1) is 6.42. The van der Waals surface area contributed by atoms with Crippen molar-refractivity contribution in [2.24, 2.45) is 0 Å². The third-order valence-electron chi connectivity index (χ3n) is 1.51. The fourth-order valence-electron chi connectivity index (χ4n) is 0.920. The largest absolute Gasteiger partial charge is 0.573 e. The fourth-order valence-corrected chi connectivity index (χ4v) is 0.920. The van der Waals surface area contributed by atoms with Crippen LogP contribution >= 0.6 is 0 Å². The van der Waals surface area contributed by atoms with Gasteiger partial charge in [-0.2, -0.15) is 0 Å². The molecule has 0 bridgehead atoms. The van der Waals surface area contributed by atoms with Gasteiger partial charge < -0.3 is 9.84 Å². The Labute approximate surface area is 78.2 Å². The van der Waals surface area contributed by atoms with Gasteiger partial charge in [-0.25, -0.2) is 0 Å². The van der Waals surface area contributed by atoms with E-state index in [1.165, 1.54) is 13.0 Å². The predicted octanol–water partition coefficient (Wildman–Crippen LogP) is 1.78. The van der Waals surface area contributed by atoms with Gasteiger partial charge in [0.1, 0.15) is 0 Å². The quantitative estimate of drug-likeness (QED) is 0.803. The smallest absolute Gasteiger partial charge is 0.404 e. The SMILES string of the molecule is Cc1cc(CO)ncc1OC(F)(F)F. The number of aryl methyl sites for hydroxylation is 1. The first-order valence-corrected chi connectivity index (χ1v) is 3.74. The zero-order valence-electron chi connectivity index (χ0n) is 7.30. The molecule has 1 N–H and O–H groups in total. The molecule has 0 aliphatic carbocycles. The summed E-state index contributed by atoms with van der Waals surface area (Å²) in [5, 5.41) is 8.66. The van der Waals surface area contributed by atoms with Crippen LogP contribution in [0.5, 0.6) is 5.75 Å². The lowest BCUT2D eigenvalue weighted by Gasteiger charge is -2.10. The number of aromatic nitrogens is 1. The minimum atomic E-state index is -4.72. The Morgan fingerprint density at radius 2 is 2.14 bits per heavy atom. The minimum Gasteiger partial charge on any atom is -0.404 e. The summed E-state index contributed by atoms with van der Waals surface area (Å²) in [7, 11) is 0. The minimum absolute atomic E-state index is 0.279. The Balaban J connectivity index is 2.89. The molecule has 1 rings (SSSR count). The van der Waals surface area contributed by atoms with Crippen molar-refractivity contribution in [1.29, 1.82) is 0 Å². The van der Waals surface area contributed by atoms with E-state index in [0.717, 1.165) is 6.20 Å². The number of pyridine rings is 1. The topological polar surface area (TPSA) is 42.4 Å². The van der Waals surface area contributed by atoms with Gasteiger partial charge in [-0.1, -0.05) is 0 Å². The Kier molecular flexibility index (Phi) is 2.95. The third kappa shape index (κ3) is 2.88. The van der Waals surface area contributed by atoms with E-state index < -0.39 is 6.36 Å². The highest BCUT2D eigenvalue weighted by Crippen LogP contribution is 2.25. The van der Waals surface area contributed by atoms with Crippen LogP contribution < -0.4 is 4.74 Å². The molecule has 0 aromatic carbocycles. The molecule has 0 atom stereocenters. The molecule has 6 heteroatoms. The molecule has 0 spiro atoms. The summed E-state index contributed by atoms with van der Waals surface area (Å²) in [6, 6.07) is 1.33. The molecule has 0 aliphatic rings. The Morgan fingerprint density at radius 3 is 2.57 bits per heavy atom. The first kappa shape index (κ1) is 10.8. The molecule has 0 saturated heterocycles. The summed E-state index contributed by atoms with van der Waals surface area (Å²) >= 11 is 0. The summed E-state index contributed by atoms with van der Waals surface area (Å²) in [6.07, 6.45) is -3.78. The van der Waals surface area contributed by atoms with E-state index in [9.17, 15) is 13.2 Å². The van der Waals surface area contributed by atoms with Crippen molar-refractivity contribution in [2.45, 2.75) is 19.9 Å². The Hall–Kier alpha value is -1.30. The molecule has 0 radical (unpaired) electrons. The monoisotopic (exact) mass is 207 g/mol. The average molecular weight is 207 g/mol. The summed E-state index contributed by atoms with van der Waals surface area (Å²) in [5.41, 5.74) is 0.582. The highest BCUT2D eigenvalue weighted by molar-refractivity contribution is 5.31. The van der Waals surface area contributed by atoms with Crippen LogP contribution in [0.1, 0.15) is 11.3 Å². The van der Waals surface area contributed by atoms with Gasteiger partial charge in [0.25, 0.3) is 0 Å². The van der Waals surface area contributed by atoms with Gasteiger partial charge >= 0.3 is 6.36 Å². The number of aliphatic hydroxyl groups is 1. The van der Waals surface area contributed by atoms with Crippen molar-refractivity contribution in [3.05, 3.63) is 23.5 Å². The van der Waals surface area contributed by atoms with E-state index in [0.29, 0.717) is 5.69 Å². The van der Waals surface area contributed by atoms with Crippen LogP contribution in [0.15, 0.2) is 12.3 Å². The molecule has 0 amide bonds. The zero-order chi connectivity index (χ0) is 10.8. The number of ether oxygens (including phenoxy) is 1. The third-order valence-corrected chi connectivity index (χ3v) is 1.51. The van der Waals surface area contributed by atoms with E-state index in [1.54, 1.807) is 0 Å². The molecular weight excluding hydrogens is 199 g/mol. The number of nitrogens with zero attached hydrogens (tertiary/aromatic N) is 1. The lowest BCUT2D eigenvalue weighted by atomic mass is 10.2. The molecule has 0 unspecified atom stereocenters. The van der Waals surface area contributed by atoms with Gasteiger partial charge in [0.2, 0.25) is 0 Å². The van der Waals surface area contributed by atoms with Crippen LogP contribution in [0.4, 0.5) is 13.2 Å². The van der Waals surface area contributed by atoms with E-state index in [2.05, 4.69) is 9.72 Å². The van der Waals surface area contributed by atoms with Gasteiger partial charge in [0, 0.05) is 0 Å². The standard InChI is InChI=1S/C8H8F3NO2/c1-5-2-6(4-13)12-3-7(5)14-8(9,10)11/h2-3,13H,4H2,1H3. The number of hydrogen-bond donors (Lipinski definition) is 1. The van der Waals surface area contributed by atoms with Gasteiger partial charge in [-0.3, -0.25) is 4.98 Å². The molecule has 0 aliphatic heterocycles. The maximum absolute atomic E-state index is 11.8. The second-order valence-electron chi connectivity index (χ2n) is 2.65. The summed E-state index contributed by atoms with van der Waals surface area (Å²) in [4.78, 5) is 3.57. The van der Waals surface area contributed by atoms with Gasteiger partial charge in [0.05, 0.1) is 18.5 Å². The molecule has 1 aromatic rings. The van der Waals surface area contributed by atoms with E-state index in [4.69, 9.17) is 5.11 Å². The summed E-state index contributed by atoms with van der Waals surface area (Å²) in [5.74, 6) is -0.352. The lowest BCUT2D eigenvalue weighted by molar-refractivity contribution is -0.275. The Morgan fingerprint density at radius 1 is 1.50 bits per heavy atom. The number of aliphatic hydroxyl groups excluding tert-OH is 1. The maximum Gasteiger partial charge on any atom is 0.573 e. The summed E-state index contributed by atoms with van der Waals surface area (Å²) < 4.78 is 39.1. The second kappa shape index (κ2) is 3.83. The van der Waals surface area contributed by atoms with Crippen molar-refractivity contribution in [3.8, 4) is 5.75 Å². The molecule has 1 heterocycles. The van der Waals surface area contributed by atoms with Crippen LogP contribution in [0.3, 0.4) is 0 Å².